The van der Waals surface area contributed by atoms with Gasteiger partial charge in [-0.25, -0.2) is 0 Å². The molecule has 4 heavy (non-hydrogen) atoms. The Morgan fingerprint density at radius 1 is 1.00 bits per heavy atom. The smallest absolute Gasteiger partial charge is 0.344 e. The fourth-order valence-electron chi connectivity index (χ4n) is 0. The first-order valence-electron chi connectivity index (χ1n) is 0. The molecule has 2 radical (unpaired) electrons. The molecule has 0 aromatic heterocycles. The molecule has 0 atom stereocenters. The van der Waals surface area contributed by atoms with Crippen LogP contribution in [-0.4, -0.2) is 23.1 Å². The molecular weight excluding hydrogens is 108 g/mol. The molecule has 0 saturated carbocycles. The van der Waals surface area contributed by atoms with Crippen molar-refractivity contribution in [2.45, 2.75) is 0 Å². The average Bonchev–Trinajstić information content (AvgIpc) is 0. The molecule has 0 unspecified atom stereocenters. The number of hydrogen-bond acceptors (Lipinski definition) is 1. The Kier molecular flexibility index (Phi) is 125. The van der Waals surface area contributed by atoms with Crippen molar-refractivity contribution in [1.82, 2.24) is 6.15 Å². The van der Waals surface area contributed by atoms with Crippen LogP contribution in [0.15, 0.2) is 0 Å². The van der Waals surface area contributed by atoms with Crippen LogP contribution in [0.5, 0.6) is 0 Å². The maximum Gasteiger partial charge on any atom is 3.00 e. The first-order chi connectivity index (χ1) is 0. The summed E-state index contributed by atoms with van der Waals surface area (Å²) in [4.78, 5) is 0. The van der Waals surface area contributed by atoms with E-state index in [9.17, 15) is 0 Å². The van der Waals surface area contributed by atoms with Crippen molar-refractivity contribution in [3.05, 3.63) is 0 Å². The van der Waals surface area contributed by atoms with E-state index in [0.717, 1.165) is 0 Å². The standard InChI is InChI=1S/K.Mg.H3N.P/h;;1H3;/q+1;+2;;+3. The van der Waals surface area contributed by atoms with Crippen molar-refractivity contribution < 1.29 is 51.4 Å². The van der Waals surface area contributed by atoms with Crippen molar-refractivity contribution in [3.63, 3.8) is 0 Å². The molecule has 0 aromatic rings. The fraction of sp³-hybridized carbons (Fsp3) is 0. The SMILES string of the molecule is N.[K+].[Mg+2].[P+3]. The van der Waals surface area contributed by atoms with Crippen molar-refractivity contribution in [3.8, 4) is 0 Å². The summed E-state index contributed by atoms with van der Waals surface area (Å²) >= 11 is 0. The Hall–Kier alpha value is 2.79. The predicted octanol–water partition coefficient (Wildman–Crippen LogP) is -2.35. The van der Waals surface area contributed by atoms with Crippen LogP contribution in [0.1, 0.15) is 0 Å². The summed E-state index contributed by atoms with van der Waals surface area (Å²) < 4.78 is 0. The molecule has 0 aliphatic heterocycles. The zero-order valence-electron chi connectivity index (χ0n) is 2.86. The first kappa shape index (κ1) is 29.2. The van der Waals surface area contributed by atoms with Gasteiger partial charge in [0.05, 0.1) is 0 Å². The Bertz CT molecular complexity index is 8.00. The van der Waals surface area contributed by atoms with E-state index in [1.54, 1.807) is 0 Å². The first-order valence-corrected chi connectivity index (χ1v) is 0. The zero-order chi connectivity index (χ0) is 0. The van der Waals surface area contributed by atoms with Gasteiger partial charge in [0, 0.05) is 0 Å². The van der Waals surface area contributed by atoms with Crippen LogP contribution in [0.2, 0.25) is 0 Å². The minimum atomic E-state index is 0. The molecule has 0 fully saturated rings. The van der Waals surface area contributed by atoms with Gasteiger partial charge in [0.15, 0.2) is 0 Å². The molecule has 0 bridgehead atoms. The Morgan fingerprint density at radius 2 is 1.00 bits per heavy atom. The minimum absolute atomic E-state index is 0. The maximum atomic E-state index is 0. The molecule has 0 amide bonds. The summed E-state index contributed by atoms with van der Waals surface area (Å²) in [6, 6.07) is 0. The van der Waals surface area contributed by atoms with Crippen molar-refractivity contribution in [2.24, 2.45) is 0 Å². The largest absolute Gasteiger partial charge is 3.00 e. The second-order valence-corrected chi connectivity index (χ2v) is 0. The zero-order valence-corrected chi connectivity index (χ0v) is 8.29. The Labute approximate surface area is 88.4 Å². The van der Waals surface area contributed by atoms with Crippen LogP contribution in [0.4, 0.5) is 0 Å². The van der Waals surface area contributed by atoms with E-state index in [-0.39, 0.29) is 90.5 Å². The van der Waals surface area contributed by atoms with Crippen LogP contribution >= 0.6 is 9.90 Å². The molecule has 3 N–H and O–H groups in total. The molecule has 0 spiro atoms. The third-order valence-corrected chi connectivity index (χ3v) is 0. The van der Waals surface area contributed by atoms with Crippen molar-refractivity contribution in [1.29, 1.82) is 0 Å². The summed E-state index contributed by atoms with van der Waals surface area (Å²) in [6.45, 7) is 0. The van der Waals surface area contributed by atoms with Crippen LogP contribution < -0.4 is 57.5 Å². The van der Waals surface area contributed by atoms with E-state index < -0.39 is 0 Å². The fourth-order valence-corrected chi connectivity index (χ4v) is 0. The topological polar surface area (TPSA) is 35.0 Å². The molecule has 1 nitrogen and oxygen atoms in total. The van der Waals surface area contributed by atoms with Gasteiger partial charge in [-0.15, -0.1) is 0 Å². The van der Waals surface area contributed by atoms with Gasteiger partial charge in [0.2, 0.25) is 0 Å². The molecule has 0 saturated heterocycles. The van der Waals surface area contributed by atoms with Gasteiger partial charge in [0.25, 0.3) is 0 Å². The van der Waals surface area contributed by atoms with Crippen molar-refractivity contribution >= 4 is 33.0 Å². The van der Waals surface area contributed by atoms with Gasteiger partial charge in [0.1, 0.15) is 0 Å². The second-order valence-electron chi connectivity index (χ2n) is 0. The molecule has 0 rings (SSSR count). The molecule has 0 heterocycles. The van der Waals surface area contributed by atoms with Crippen LogP contribution in [-0.2, 0) is 0 Å². The Balaban J connectivity index is 0. The quantitative estimate of drug-likeness (QED) is 0.276. The summed E-state index contributed by atoms with van der Waals surface area (Å²) in [5.74, 6) is 0. The summed E-state index contributed by atoms with van der Waals surface area (Å²) in [6.07, 6.45) is 0. The summed E-state index contributed by atoms with van der Waals surface area (Å²) in [5.41, 5.74) is 0. The van der Waals surface area contributed by atoms with Gasteiger partial charge >= 0.3 is 84.3 Å². The van der Waals surface area contributed by atoms with Crippen LogP contribution in [0.3, 0.4) is 0 Å². The Morgan fingerprint density at radius 3 is 1.00 bits per heavy atom. The third kappa shape index (κ3) is 8.84. The average molecular weight is 111 g/mol. The van der Waals surface area contributed by atoms with Gasteiger partial charge < -0.3 is 6.15 Å². The minimum Gasteiger partial charge on any atom is -0.344 e. The molecule has 0 aliphatic carbocycles. The van der Waals surface area contributed by atoms with Gasteiger partial charge in [-0.1, -0.05) is 0 Å². The molecule has 4 heteroatoms. The van der Waals surface area contributed by atoms with E-state index in [0.29, 0.717) is 0 Å². The second kappa shape index (κ2) is 17.1. The van der Waals surface area contributed by atoms with E-state index in [4.69, 9.17) is 0 Å². The van der Waals surface area contributed by atoms with E-state index >= 15 is 0 Å². The predicted molar refractivity (Wildman–Crippen MR) is 17.7 cm³/mol. The van der Waals surface area contributed by atoms with Gasteiger partial charge in [-0.2, -0.15) is 0 Å². The number of hydrogen-bond donors (Lipinski definition) is 1. The van der Waals surface area contributed by atoms with E-state index in [2.05, 4.69) is 0 Å². The third-order valence-electron chi connectivity index (χ3n) is 0. The van der Waals surface area contributed by atoms with E-state index in [1.807, 2.05) is 0 Å². The molecule has 10 valence electrons. The monoisotopic (exact) mass is 111 g/mol. The van der Waals surface area contributed by atoms with Crippen LogP contribution in [0.25, 0.3) is 0 Å². The molecule has 0 aromatic carbocycles. The number of rotatable bonds is 0. The van der Waals surface area contributed by atoms with Gasteiger partial charge in [-0.05, 0) is 0 Å². The van der Waals surface area contributed by atoms with Crippen molar-refractivity contribution in [2.75, 3.05) is 0 Å². The molecular formula is H3KMgNP+6. The normalized spacial score (nSPS) is 0. The molecule has 0 aliphatic rings. The summed E-state index contributed by atoms with van der Waals surface area (Å²) in [7, 11) is 0. The van der Waals surface area contributed by atoms with Crippen LogP contribution in [0, 0.1) is 0 Å². The van der Waals surface area contributed by atoms with E-state index in [1.165, 1.54) is 0 Å². The summed E-state index contributed by atoms with van der Waals surface area (Å²) in [5, 5.41) is 0. The maximum absolute atomic E-state index is 0. The van der Waals surface area contributed by atoms with Gasteiger partial charge in [-0.3, -0.25) is 0 Å².